The number of alkyl carbamates (subject to hydrolysis) is 1. The number of carbonyl (C=O) groups is 4. The molecule has 13 heteroatoms. The van der Waals surface area contributed by atoms with Gasteiger partial charge in [0, 0.05) is 17.9 Å². The Balaban J connectivity index is 1.67. The van der Waals surface area contributed by atoms with Gasteiger partial charge in [-0.3, -0.25) is 14.4 Å². The Kier molecular flexibility index (Phi) is 9.30. The molecule has 4 heterocycles. The molecule has 1 unspecified atom stereocenters. The first-order valence-electron chi connectivity index (χ1n) is 16.6. The van der Waals surface area contributed by atoms with Crippen LogP contribution in [-0.4, -0.2) is 53.8 Å². The summed E-state index contributed by atoms with van der Waals surface area (Å²) < 4.78 is 23.6. The summed E-state index contributed by atoms with van der Waals surface area (Å²) in [5.41, 5.74) is 0.414. The number of amides is 1. The number of nitrogens with zero attached hydrogens (tertiary/aromatic N) is 2. The lowest BCUT2D eigenvalue weighted by Crippen LogP contribution is -2.49. The van der Waals surface area contributed by atoms with Crippen LogP contribution in [0, 0.1) is 5.92 Å². The highest BCUT2D eigenvalue weighted by molar-refractivity contribution is 6.93. The second-order valence-corrected chi connectivity index (χ2v) is 19.6. The third-order valence-corrected chi connectivity index (χ3v) is 14.5. The normalized spacial score (nSPS) is 17.5. The van der Waals surface area contributed by atoms with Crippen molar-refractivity contribution in [2.24, 2.45) is 5.92 Å². The van der Waals surface area contributed by atoms with E-state index in [1.54, 1.807) is 44.4 Å². The number of nitrogens with one attached hydrogen (secondary N) is 1. The van der Waals surface area contributed by atoms with E-state index in [9.17, 15) is 24.0 Å². The van der Waals surface area contributed by atoms with Crippen molar-refractivity contribution < 1.29 is 38.1 Å². The van der Waals surface area contributed by atoms with Gasteiger partial charge in [-0.1, -0.05) is 40.8 Å². The summed E-state index contributed by atoms with van der Waals surface area (Å²) in [7, 11) is -2.31. The van der Waals surface area contributed by atoms with Crippen LogP contribution in [0.2, 0.25) is 18.6 Å². The van der Waals surface area contributed by atoms with Crippen molar-refractivity contribution in [2.45, 2.75) is 105 Å². The molecule has 0 saturated carbocycles. The number of rotatable bonds is 8. The van der Waals surface area contributed by atoms with Crippen molar-refractivity contribution in [3.8, 4) is 17.1 Å². The number of pyridine rings is 2. The van der Waals surface area contributed by atoms with Gasteiger partial charge in [0.05, 0.1) is 37.1 Å². The topological polar surface area (TPSA) is 152 Å². The minimum atomic E-state index is -2.31. The largest absolute Gasteiger partial charge is 0.457 e. The first-order chi connectivity index (χ1) is 22.8. The van der Waals surface area contributed by atoms with Gasteiger partial charge in [-0.25, -0.2) is 14.6 Å². The van der Waals surface area contributed by atoms with Crippen LogP contribution in [0.25, 0.3) is 22.3 Å². The number of benzene rings is 1. The molecule has 0 bridgehead atoms. The van der Waals surface area contributed by atoms with Crippen molar-refractivity contribution in [3.63, 3.8) is 0 Å². The average molecular weight is 692 g/mol. The molecule has 2 aromatic heterocycles. The van der Waals surface area contributed by atoms with Crippen LogP contribution in [0.3, 0.4) is 0 Å². The monoisotopic (exact) mass is 691 g/mol. The van der Waals surface area contributed by atoms with Gasteiger partial charge in [0.15, 0.2) is 0 Å². The van der Waals surface area contributed by atoms with Gasteiger partial charge in [-0.15, -0.1) is 0 Å². The van der Waals surface area contributed by atoms with Gasteiger partial charge in [-0.05, 0) is 73.7 Å². The quantitative estimate of drug-likeness (QED) is 0.115. The Bertz CT molecular complexity index is 1940. The summed E-state index contributed by atoms with van der Waals surface area (Å²) in [6, 6.07) is 7.09. The third-order valence-electron chi connectivity index (χ3n) is 9.73. The number of aromatic nitrogens is 2. The van der Waals surface area contributed by atoms with Crippen molar-refractivity contribution >= 4 is 48.2 Å². The summed E-state index contributed by atoms with van der Waals surface area (Å²) >= 11 is 0. The van der Waals surface area contributed by atoms with E-state index in [1.807, 2.05) is 12.1 Å². The van der Waals surface area contributed by atoms with E-state index in [2.05, 4.69) is 39.2 Å². The minimum Gasteiger partial charge on any atom is -0.457 e. The number of hydrogen-bond acceptors (Lipinski definition) is 10. The Morgan fingerprint density at radius 2 is 1.80 bits per heavy atom. The van der Waals surface area contributed by atoms with Crippen LogP contribution in [0.1, 0.15) is 78.5 Å². The lowest BCUT2D eigenvalue weighted by Gasteiger charge is -2.35. The SMILES string of the molecule is CC[C@@]1(OC(=O)CNC(=O)OC(C)(C)C)C(=O)OCc2c1cc1n(c2=O)Cc2c-1nc1ccc(OC(C)=O)cc1c2[Si](C)(C)C(C)C(C)C. The van der Waals surface area contributed by atoms with E-state index in [1.165, 1.54) is 6.92 Å². The molecule has 2 atom stereocenters. The molecule has 0 fully saturated rings. The molecule has 12 nitrogen and oxygen atoms in total. The van der Waals surface area contributed by atoms with Crippen LogP contribution in [0.5, 0.6) is 5.75 Å². The van der Waals surface area contributed by atoms with E-state index < -0.39 is 49.8 Å². The van der Waals surface area contributed by atoms with E-state index >= 15 is 0 Å². The first-order valence-corrected chi connectivity index (χ1v) is 19.7. The Labute approximate surface area is 286 Å². The second kappa shape index (κ2) is 12.7. The highest BCUT2D eigenvalue weighted by atomic mass is 28.3. The molecule has 0 aliphatic carbocycles. The van der Waals surface area contributed by atoms with Gasteiger partial charge in [-0.2, -0.15) is 0 Å². The fourth-order valence-electron chi connectivity index (χ4n) is 6.93. The summed E-state index contributed by atoms with van der Waals surface area (Å²) in [5.74, 6) is -1.34. The highest BCUT2D eigenvalue weighted by Gasteiger charge is 2.51. The Morgan fingerprint density at radius 3 is 2.41 bits per heavy atom. The minimum absolute atomic E-state index is 0.0199. The Morgan fingerprint density at radius 1 is 1.10 bits per heavy atom. The molecule has 1 N–H and O–H groups in total. The van der Waals surface area contributed by atoms with Gasteiger partial charge in [0.2, 0.25) is 5.60 Å². The standard InChI is InChI=1S/C36H45N3O9Si/c1-11-36(47-29(41)16-37-34(44)48-35(6,7)8)26-15-28-30-24(17-39(28)32(42)25(26)18-45-33(36)43)31(49(9,10)20(4)19(2)3)23-14-22(46-21(5)40)12-13-27(23)38-30/h12-15,19-20H,11,16-18H2,1-10H3,(H,37,44)/t20?,36-/m0/s1. The molecule has 262 valence electrons. The molecule has 0 radical (unpaired) electrons. The van der Waals surface area contributed by atoms with Crippen molar-refractivity contribution in [2.75, 3.05) is 6.54 Å². The summed E-state index contributed by atoms with van der Waals surface area (Å²) in [6.07, 6.45) is -0.838. The zero-order valence-corrected chi connectivity index (χ0v) is 30.9. The average Bonchev–Trinajstić information content (AvgIpc) is 3.36. The second-order valence-electron chi connectivity index (χ2n) is 14.7. The zero-order chi connectivity index (χ0) is 36.2. The number of ether oxygens (including phenoxy) is 4. The van der Waals surface area contributed by atoms with Crippen LogP contribution in [-0.2, 0) is 47.3 Å². The number of cyclic esters (lactones) is 1. The fourth-order valence-corrected chi connectivity index (χ4v) is 10.9. The number of carbonyl (C=O) groups excluding carboxylic acids is 4. The fraction of sp³-hybridized carbons (Fsp3) is 0.500. The van der Waals surface area contributed by atoms with E-state index in [4.69, 9.17) is 23.9 Å². The summed E-state index contributed by atoms with van der Waals surface area (Å²) in [6.45, 7) is 18.8. The molecular weight excluding hydrogens is 646 g/mol. The van der Waals surface area contributed by atoms with Crippen LogP contribution in [0.15, 0.2) is 29.1 Å². The van der Waals surface area contributed by atoms with Crippen molar-refractivity contribution in [1.29, 1.82) is 0 Å². The molecule has 0 saturated heterocycles. The number of hydrogen-bond donors (Lipinski definition) is 1. The van der Waals surface area contributed by atoms with Crippen LogP contribution < -0.4 is 20.8 Å². The predicted octanol–water partition coefficient (Wildman–Crippen LogP) is 5.04. The molecule has 2 aliphatic rings. The predicted molar refractivity (Wildman–Crippen MR) is 185 cm³/mol. The first kappa shape index (κ1) is 35.8. The molecule has 49 heavy (non-hydrogen) atoms. The van der Waals surface area contributed by atoms with Gasteiger partial charge in [0.25, 0.3) is 5.56 Å². The van der Waals surface area contributed by atoms with Crippen molar-refractivity contribution in [3.05, 3.63) is 51.3 Å². The molecule has 1 aromatic carbocycles. The maximum absolute atomic E-state index is 14.3. The van der Waals surface area contributed by atoms with Crippen molar-refractivity contribution in [1.82, 2.24) is 14.9 Å². The maximum atomic E-state index is 14.3. The Hall–Kier alpha value is -4.52. The number of fused-ring (bicyclic) bond motifs is 5. The lowest BCUT2D eigenvalue weighted by atomic mass is 9.85. The van der Waals surface area contributed by atoms with Gasteiger partial charge >= 0.3 is 24.0 Å². The van der Waals surface area contributed by atoms with Gasteiger partial charge in [0.1, 0.15) is 24.5 Å². The third kappa shape index (κ3) is 6.48. The zero-order valence-electron chi connectivity index (χ0n) is 29.9. The van der Waals surface area contributed by atoms with E-state index in [-0.39, 0.29) is 36.3 Å². The maximum Gasteiger partial charge on any atom is 0.408 e. The number of esters is 3. The molecule has 3 aromatic rings. The molecule has 1 amide bonds. The van der Waals surface area contributed by atoms with Crippen LogP contribution in [0.4, 0.5) is 4.79 Å². The molecule has 5 rings (SSSR count). The summed E-state index contributed by atoms with van der Waals surface area (Å²) in [5, 5.41) is 4.35. The highest BCUT2D eigenvalue weighted by Crippen LogP contribution is 2.42. The smallest absolute Gasteiger partial charge is 0.408 e. The lowest BCUT2D eigenvalue weighted by molar-refractivity contribution is -0.188. The van der Waals surface area contributed by atoms with E-state index in [0.29, 0.717) is 34.1 Å². The molecule has 0 spiro atoms. The van der Waals surface area contributed by atoms with Crippen LogP contribution >= 0.6 is 0 Å². The van der Waals surface area contributed by atoms with E-state index in [0.717, 1.165) is 16.1 Å². The molecule has 2 aliphatic heterocycles. The molecular formula is C36H45N3O9Si. The van der Waals surface area contributed by atoms with Gasteiger partial charge < -0.3 is 28.8 Å². The summed E-state index contributed by atoms with van der Waals surface area (Å²) in [4.78, 5) is 70.0.